The number of anilines is 3. The molecule has 5 aromatic carbocycles. The van der Waals surface area contributed by atoms with Gasteiger partial charge in [-0.1, -0.05) is 69.9 Å². The first-order valence-corrected chi connectivity index (χ1v) is 47.1. The smallest absolute Gasteiger partial charge is 0.274 e. The molecule has 0 unspecified atom stereocenters. The fourth-order valence-electron chi connectivity index (χ4n) is 17.7. The Morgan fingerprint density at radius 1 is 0.394 bits per heavy atom. The van der Waals surface area contributed by atoms with Crippen LogP contribution in [-0.2, 0) is 71.1 Å². The fourth-order valence-corrected chi connectivity index (χ4v) is 22.9. The SMILES string of the molecule is Cc1c(F)c(F)c(S(=O)(=O)N2CC[C@@H]2C(=O)N(Cc2cc(C3CCCCC3)ccn2)c2ccc3c(=O)n(C)ncc3c2)c(F)c1F.Cc1c(F)c(F)c(S(=O)(=O)N2CC[C@@H]2C(=O)N(Cc2ccc(C3CCCCC3)cn2)c2cc[nH]c(=O)c2)c(F)c1F.Cc1c(F)c(F)c(S(=O)(=O)N2CC[C@@H]2C(=O)N(Cc2ccc(C3CCCCC3)cn2)c2ccc3c(=O)[nH]cnc3c2)c(F)c1F. The second-order valence-corrected chi connectivity index (χ2v) is 39.1. The van der Waals surface area contributed by atoms with E-state index in [0.29, 0.717) is 64.2 Å². The number of nitrogens with one attached hydrogen (secondary N) is 2. The molecule has 696 valence electrons. The summed E-state index contributed by atoms with van der Waals surface area (Å²) in [7, 11) is -14.0. The van der Waals surface area contributed by atoms with Crippen molar-refractivity contribution in [2.24, 2.45) is 7.05 Å². The molecular weight excluding hydrogens is 1810 g/mol. The van der Waals surface area contributed by atoms with Crippen LogP contribution < -0.4 is 31.4 Å². The number of carbonyl (C=O) groups is 3. The number of carbonyl (C=O) groups excluding carboxylic acids is 3. The van der Waals surface area contributed by atoms with Gasteiger partial charge in [0.05, 0.1) is 71.2 Å². The number of hydrogen-bond acceptors (Lipinski definition) is 17. The van der Waals surface area contributed by atoms with Crippen molar-refractivity contribution in [1.82, 2.24) is 52.6 Å². The molecule has 132 heavy (non-hydrogen) atoms. The topological polar surface area (TPSA) is 325 Å². The number of fused-ring (bicyclic) bond motifs is 2. The molecule has 3 amide bonds. The maximum atomic E-state index is 14.8. The first kappa shape index (κ1) is 94.7. The van der Waals surface area contributed by atoms with Gasteiger partial charge in [-0.05, 0) is 180 Å². The number of aryl methyl sites for hydroxylation is 1. The second-order valence-electron chi connectivity index (χ2n) is 33.6. The van der Waals surface area contributed by atoms with Crippen LogP contribution >= 0.6 is 0 Å². The molecule has 6 fully saturated rings. The lowest BCUT2D eigenvalue weighted by Crippen LogP contribution is -2.59. The molecule has 0 radical (unpaired) electrons. The van der Waals surface area contributed by atoms with Crippen molar-refractivity contribution in [3.63, 3.8) is 0 Å². The van der Waals surface area contributed by atoms with Crippen LogP contribution in [0.25, 0.3) is 21.7 Å². The predicted octanol–water partition coefficient (Wildman–Crippen LogP) is 15.1. The molecular formula is C91H88F12N14O12S3. The largest absolute Gasteiger partial charge is 0.329 e. The van der Waals surface area contributed by atoms with Crippen LogP contribution in [0.1, 0.15) is 184 Å². The number of pyridine rings is 4. The number of aromatic amines is 2. The van der Waals surface area contributed by atoms with Crippen molar-refractivity contribution < 1.29 is 92.3 Å². The molecule has 3 aliphatic heterocycles. The zero-order valence-electron chi connectivity index (χ0n) is 71.5. The number of hydrogen-bond donors (Lipinski definition) is 2. The lowest BCUT2D eigenvalue weighted by molar-refractivity contribution is -0.125. The Hall–Kier alpha value is -11.9. The number of H-pyrrole nitrogens is 2. The zero-order chi connectivity index (χ0) is 94.4. The van der Waals surface area contributed by atoms with E-state index in [4.69, 9.17) is 0 Å². The van der Waals surface area contributed by atoms with Crippen molar-refractivity contribution in [1.29, 1.82) is 0 Å². The molecule has 0 spiro atoms. The van der Waals surface area contributed by atoms with Crippen LogP contribution in [0.2, 0.25) is 0 Å². The molecule has 3 saturated carbocycles. The summed E-state index contributed by atoms with van der Waals surface area (Å²) in [6, 6.07) is 18.6. The maximum Gasteiger partial charge on any atom is 0.274 e. The van der Waals surface area contributed by atoms with E-state index in [9.17, 15) is 107 Å². The predicted molar refractivity (Wildman–Crippen MR) is 460 cm³/mol. The summed E-state index contributed by atoms with van der Waals surface area (Å²) in [5.74, 6) is -24.5. The molecule has 3 saturated heterocycles. The summed E-state index contributed by atoms with van der Waals surface area (Å²) >= 11 is 0. The van der Waals surface area contributed by atoms with Gasteiger partial charge in [-0.3, -0.25) is 43.7 Å². The van der Waals surface area contributed by atoms with Crippen LogP contribution in [0.15, 0.2) is 151 Å². The van der Waals surface area contributed by atoms with Gasteiger partial charge in [0.25, 0.3) is 11.1 Å². The third-order valence-corrected chi connectivity index (χ3v) is 31.4. The van der Waals surface area contributed by atoms with Crippen LogP contribution in [0.4, 0.5) is 69.7 Å². The van der Waals surface area contributed by atoms with E-state index >= 15 is 0 Å². The van der Waals surface area contributed by atoms with E-state index in [1.165, 1.54) is 91.2 Å². The van der Waals surface area contributed by atoms with E-state index in [-0.39, 0.29) is 86.4 Å². The van der Waals surface area contributed by atoms with Gasteiger partial charge < -0.3 is 24.7 Å². The average Bonchev–Trinajstić information content (AvgIpc) is 0.740. The number of halogens is 12. The van der Waals surface area contributed by atoms with Crippen molar-refractivity contribution in [2.45, 2.75) is 207 Å². The number of rotatable bonds is 21. The molecule has 9 heterocycles. The van der Waals surface area contributed by atoms with Gasteiger partial charge in [0.15, 0.2) is 84.5 Å². The Kier molecular flexibility index (Phi) is 27.8. The van der Waals surface area contributed by atoms with E-state index in [0.717, 1.165) is 130 Å². The van der Waals surface area contributed by atoms with Crippen LogP contribution in [0.5, 0.6) is 0 Å². The first-order chi connectivity index (χ1) is 62.9. The highest BCUT2D eigenvalue weighted by molar-refractivity contribution is 7.89. The minimum absolute atomic E-state index is 0.0140. The number of sulfonamides is 3. The molecule has 41 heteroatoms. The molecule has 2 N–H and O–H groups in total. The summed E-state index contributed by atoms with van der Waals surface area (Å²) in [5, 5.41) is 5.07. The molecule has 11 aromatic rings. The minimum Gasteiger partial charge on any atom is -0.329 e. The summed E-state index contributed by atoms with van der Waals surface area (Å²) in [6.07, 6.45) is 25.8. The minimum atomic E-state index is -5.19. The van der Waals surface area contributed by atoms with E-state index in [2.05, 4.69) is 35.0 Å². The van der Waals surface area contributed by atoms with Gasteiger partial charge in [-0.25, -0.2) is 87.6 Å². The Labute approximate surface area is 748 Å². The Morgan fingerprint density at radius 3 is 1.15 bits per heavy atom. The highest BCUT2D eigenvalue weighted by Crippen LogP contribution is 2.43. The van der Waals surface area contributed by atoms with E-state index in [1.54, 1.807) is 36.8 Å². The number of nitrogens with zero attached hydrogens (tertiary/aromatic N) is 12. The molecule has 26 nitrogen and oxygen atoms in total. The van der Waals surface area contributed by atoms with Gasteiger partial charge in [0.1, 0.15) is 18.1 Å². The molecule has 17 rings (SSSR count). The Morgan fingerprint density at radius 2 is 0.773 bits per heavy atom. The van der Waals surface area contributed by atoms with Gasteiger partial charge in [-0.2, -0.15) is 18.0 Å². The standard InChI is InChI=1S/C32H31F4N5O4S.C31H29F4N5O4S.C28H28F4N4O4S/c1-18-26(33)28(35)30(29(36)27(18)34)46(44,45)41-13-11-25(41)32(43)40(23-8-9-24-21(15-23)16-38-39(2)31(24)42)17-22-14-20(10-12-37-22)19-6-4-3-5-7-19;1-17-25(32)27(34)29(28(35)26(17)33)45(43,44)40-12-11-24(40)31(42)39(21-9-10-22-23(13-21)37-16-38-30(22)41)15-20-8-7-19(14-36-20)18-5-3-2-4-6-18;1-16-23(29)25(31)27(26(32)24(16)30)41(39,40)36-12-10-21(36)28(38)35(20-9-11-33-22(37)13-20)15-19-8-7-18(14-34-19)17-5-3-2-4-6-17/h8-10,12,14-16,19,25H,3-7,11,13,17H2,1-2H3;7-10,13-14,16,18,24H,2-6,11-12,15H2,1H3,(H,37,38,41);7-9,11,13-14,17,21H,2-6,10,12,15H2,1H3,(H,33,37)/t25-;24-;21-/m111/s1. The third kappa shape index (κ3) is 18.5. The fraction of sp³-hybridized carbons (Fsp3) is 0.374. The average molecular weight is 1890 g/mol. The summed E-state index contributed by atoms with van der Waals surface area (Å²) < 4.78 is 257. The van der Waals surface area contributed by atoms with Crippen LogP contribution in [0.3, 0.4) is 0 Å². The van der Waals surface area contributed by atoms with Gasteiger partial charge in [0.2, 0.25) is 53.4 Å². The number of benzene rings is 5. The van der Waals surface area contributed by atoms with Crippen LogP contribution in [0, 0.1) is 90.6 Å². The summed E-state index contributed by atoms with van der Waals surface area (Å²) in [6.45, 7) is 1.07. The second kappa shape index (κ2) is 38.7. The van der Waals surface area contributed by atoms with Crippen LogP contribution in [-0.4, -0.2) is 133 Å². The van der Waals surface area contributed by atoms with E-state index < -0.39 is 178 Å². The van der Waals surface area contributed by atoms with Crippen molar-refractivity contribution in [2.75, 3.05) is 34.3 Å². The quantitative estimate of drug-likeness (QED) is 0.0498. The zero-order valence-corrected chi connectivity index (χ0v) is 74.0. The molecule has 6 aliphatic rings. The molecule has 3 atom stereocenters. The van der Waals surface area contributed by atoms with Crippen molar-refractivity contribution in [3.05, 3.63) is 274 Å². The summed E-state index contributed by atoms with van der Waals surface area (Å²) in [5.41, 5.74) is 1.40. The van der Waals surface area contributed by atoms with Gasteiger partial charge in [0, 0.05) is 91.0 Å². The van der Waals surface area contributed by atoms with Gasteiger partial charge >= 0.3 is 0 Å². The number of amides is 3. The molecule has 0 bridgehead atoms. The third-order valence-electron chi connectivity index (χ3n) is 25.6. The monoisotopic (exact) mass is 1890 g/mol. The maximum absolute atomic E-state index is 14.8. The normalized spacial score (nSPS) is 17.9. The van der Waals surface area contributed by atoms with Crippen molar-refractivity contribution >= 4 is 86.5 Å². The Bertz CT molecular complexity index is 6840. The van der Waals surface area contributed by atoms with Gasteiger partial charge in [-0.15, -0.1) is 0 Å². The van der Waals surface area contributed by atoms with E-state index in [1.807, 2.05) is 24.3 Å². The molecule has 6 aromatic heterocycles. The summed E-state index contributed by atoms with van der Waals surface area (Å²) in [4.78, 5) is 99.9. The first-order valence-electron chi connectivity index (χ1n) is 42.8. The molecule has 3 aliphatic carbocycles. The highest BCUT2D eigenvalue weighted by Gasteiger charge is 2.52. The Balaban J connectivity index is 0.000000152. The lowest BCUT2D eigenvalue weighted by Gasteiger charge is -2.41. The number of aromatic nitrogens is 8. The lowest BCUT2D eigenvalue weighted by atomic mass is 9.84. The van der Waals surface area contributed by atoms with Crippen molar-refractivity contribution in [3.8, 4) is 0 Å². The highest BCUT2D eigenvalue weighted by atomic mass is 32.2.